The third-order valence-corrected chi connectivity index (χ3v) is 5.07. The van der Waals surface area contributed by atoms with E-state index in [-0.39, 0.29) is 0 Å². The molecule has 0 amide bonds. The average molecular weight is 417 g/mol. The molecule has 2 rings (SSSR count). The van der Waals surface area contributed by atoms with Crippen LogP contribution in [0, 0.1) is 0 Å². The van der Waals surface area contributed by atoms with E-state index in [1.54, 1.807) is 0 Å². The first-order valence-electron chi connectivity index (χ1n) is 10.9. The van der Waals surface area contributed by atoms with Gasteiger partial charge in [-0.15, -0.1) is 0 Å². The summed E-state index contributed by atoms with van der Waals surface area (Å²) in [6.45, 7) is 7.75. The second-order valence-electron chi connectivity index (χ2n) is 8.17. The fourth-order valence-corrected chi connectivity index (χ4v) is 3.19. The summed E-state index contributed by atoms with van der Waals surface area (Å²) >= 11 is 0. The van der Waals surface area contributed by atoms with Gasteiger partial charge < -0.3 is 15.2 Å². The monoisotopic (exact) mass is 416 g/mol. The number of nitrogens with two attached hydrogens (primary N) is 1. The Labute approximate surface area is 181 Å². The van der Waals surface area contributed by atoms with E-state index >= 15 is 4.39 Å². The molecule has 166 valence electrons. The number of benzene rings is 2. The van der Waals surface area contributed by atoms with Gasteiger partial charge in [-0.1, -0.05) is 60.7 Å². The van der Waals surface area contributed by atoms with Crippen molar-refractivity contribution in [3.63, 3.8) is 0 Å². The number of hydrogen-bond donors (Lipinski definition) is 1. The highest BCUT2D eigenvalue weighted by atomic mass is 19.1. The lowest BCUT2D eigenvalue weighted by Crippen LogP contribution is -2.44. The number of halogens is 1. The van der Waals surface area contributed by atoms with Gasteiger partial charge >= 0.3 is 0 Å². The van der Waals surface area contributed by atoms with Gasteiger partial charge in [-0.05, 0) is 44.4 Å². The van der Waals surface area contributed by atoms with Gasteiger partial charge in [0.05, 0.1) is 5.60 Å². The summed E-state index contributed by atoms with van der Waals surface area (Å²) in [4.78, 5) is 2.15. The van der Waals surface area contributed by atoms with Crippen molar-refractivity contribution in [2.45, 2.75) is 51.6 Å². The lowest BCUT2D eigenvalue weighted by molar-refractivity contribution is -0.0845. The van der Waals surface area contributed by atoms with Crippen LogP contribution in [0.2, 0.25) is 0 Å². The molecule has 0 aliphatic rings. The molecule has 0 fully saturated rings. The third kappa shape index (κ3) is 9.35. The number of hydrogen-bond acceptors (Lipinski definition) is 4. The number of rotatable bonds is 15. The molecule has 1 unspecified atom stereocenters. The van der Waals surface area contributed by atoms with Crippen molar-refractivity contribution in [3.8, 4) is 0 Å². The molecule has 0 saturated carbocycles. The van der Waals surface area contributed by atoms with Crippen LogP contribution in [0.5, 0.6) is 0 Å². The van der Waals surface area contributed by atoms with Crippen LogP contribution < -0.4 is 5.73 Å². The summed E-state index contributed by atoms with van der Waals surface area (Å²) in [6.07, 6.45) is 0.499. The zero-order valence-corrected chi connectivity index (χ0v) is 18.4. The quantitative estimate of drug-likeness (QED) is 0.432. The van der Waals surface area contributed by atoms with Crippen LogP contribution in [0.3, 0.4) is 0 Å². The van der Waals surface area contributed by atoms with Crippen molar-refractivity contribution in [2.75, 3.05) is 32.9 Å². The molecule has 0 bridgehead atoms. The average Bonchev–Trinajstić information content (AvgIpc) is 2.74. The van der Waals surface area contributed by atoms with E-state index in [4.69, 9.17) is 15.2 Å². The lowest BCUT2D eigenvalue weighted by atomic mass is 10.0. The van der Waals surface area contributed by atoms with E-state index in [9.17, 15) is 0 Å². The van der Waals surface area contributed by atoms with E-state index in [0.29, 0.717) is 46.0 Å². The summed E-state index contributed by atoms with van der Waals surface area (Å²) in [5.41, 5.74) is 6.94. The molecule has 30 heavy (non-hydrogen) atoms. The Morgan fingerprint density at radius 1 is 0.867 bits per heavy atom. The van der Waals surface area contributed by atoms with Gasteiger partial charge in [-0.25, -0.2) is 4.39 Å². The molecule has 0 saturated heterocycles. The standard InChI is InChI=1S/C25H37FN2O2/c1-25(2,30-18-10-17-29-16-9-15-27)24(26)21-28(19-22-11-5-3-6-12-22)20-23-13-7-4-8-14-23/h3-8,11-14,24H,9-10,15-21,27H2,1-2H3. The Bertz CT molecular complexity index is 641. The predicted octanol–water partition coefficient (Wildman–Crippen LogP) is 4.58. The summed E-state index contributed by atoms with van der Waals surface area (Å²) in [6, 6.07) is 20.4. The minimum atomic E-state index is -1.11. The molecule has 2 aromatic carbocycles. The molecule has 0 aromatic heterocycles. The molecular formula is C25H37FN2O2. The van der Waals surface area contributed by atoms with Crippen molar-refractivity contribution in [1.29, 1.82) is 0 Å². The molecule has 2 aromatic rings. The molecule has 2 N–H and O–H groups in total. The molecule has 0 radical (unpaired) electrons. The van der Waals surface area contributed by atoms with E-state index in [1.807, 2.05) is 50.2 Å². The number of nitrogens with zero attached hydrogens (tertiary/aromatic N) is 1. The lowest BCUT2D eigenvalue weighted by Gasteiger charge is -2.33. The van der Waals surface area contributed by atoms with Crippen LogP contribution in [0.4, 0.5) is 4.39 Å². The maximum Gasteiger partial charge on any atom is 0.141 e. The van der Waals surface area contributed by atoms with E-state index < -0.39 is 11.8 Å². The maximum atomic E-state index is 15.3. The Morgan fingerprint density at radius 3 is 1.93 bits per heavy atom. The minimum Gasteiger partial charge on any atom is -0.381 e. The second kappa shape index (κ2) is 13.5. The Balaban J connectivity index is 1.88. The summed E-state index contributed by atoms with van der Waals surface area (Å²) in [5.74, 6) is 0. The van der Waals surface area contributed by atoms with Crippen molar-refractivity contribution in [3.05, 3.63) is 71.8 Å². The third-order valence-electron chi connectivity index (χ3n) is 5.07. The van der Waals surface area contributed by atoms with E-state index in [0.717, 1.165) is 12.8 Å². The van der Waals surface area contributed by atoms with Gasteiger partial charge in [0.2, 0.25) is 0 Å². The molecule has 0 aliphatic heterocycles. The van der Waals surface area contributed by atoms with Gasteiger partial charge in [0.25, 0.3) is 0 Å². The van der Waals surface area contributed by atoms with E-state index in [1.165, 1.54) is 11.1 Å². The van der Waals surface area contributed by atoms with Crippen molar-refractivity contribution < 1.29 is 13.9 Å². The van der Waals surface area contributed by atoms with Crippen LogP contribution >= 0.6 is 0 Å². The smallest absolute Gasteiger partial charge is 0.141 e. The second-order valence-corrected chi connectivity index (χ2v) is 8.17. The van der Waals surface area contributed by atoms with Gasteiger partial charge in [0.15, 0.2) is 0 Å². The van der Waals surface area contributed by atoms with Crippen LogP contribution in [0.25, 0.3) is 0 Å². The first kappa shape index (κ1) is 24.5. The molecular weight excluding hydrogens is 379 g/mol. The molecule has 0 aliphatic carbocycles. The molecule has 5 heteroatoms. The highest BCUT2D eigenvalue weighted by molar-refractivity contribution is 5.17. The van der Waals surface area contributed by atoms with Crippen molar-refractivity contribution in [1.82, 2.24) is 4.90 Å². The number of ether oxygens (including phenoxy) is 2. The van der Waals surface area contributed by atoms with Gasteiger partial charge in [-0.2, -0.15) is 0 Å². The van der Waals surface area contributed by atoms with Crippen LogP contribution in [0.15, 0.2) is 60.7 Å². The zero-order chi connectivity index (χ0) is 21.7. The number of alkyl halides is 1. The SMILES string of the molecule is CC(C)(OCCCOCCCN)C(F)CN(Cc1ccccc1)Cc1ccccc1. The first-order valence-corrected chi connectivity index (χ1v) is 10.9. The fourth-order valence-electron chi connectivity index (χ4n) is 3.19. The van der Waals surface area contributed by atoms with Gasteiger partial charge in [-0.3, -0.25) is 4.90 Å². The fraction of sp³-hybridized carbons (Fsp3) is 0.520. The molecule has 1 atom stereocenters. The highest BCUT2D eigenvalue weighted by Gasteiger charge is 2.32. The predicted molar refractivity (Wildman–Crippen MR) is 121 cm³/mol. The zero-order valence-electron chi connectivity index (χ0n) is 18.4. The largest absolute Gasteiger partial charge is 0.381 e. The summed E-state index contributed by atoms with van der Waals surface area (Å²) in [5, 5.41) is 0. The Kier molecular flexibility index (Phi) is 11.0. The molecule has 0 spiro atoms. The molecule has 4 nitrogen and oxygen atoms in total. The Morgan fingerprint density at radius 2 is 1.40 bits per heavy atom. The first-order chi connectivity index (χ1) is 14.5. The van der Waals surface area contributed by atoms with E-state index in [2.05, 4.69) is 29.2 Å². The normalized spacial score (nSPS) is 13.0. The molecule has 0 heterocycles. The van der Waals surface area contributed by atoms with Crippen LogP contribution in [-0.2, 0) is 22.6 Å². The van der Waals surface area contributed by atoms with Crippen molar-refractivity contribution >= 4 is 0 Å². The minimum absolute atomic E-state index is 0.309. The van der Waals surface area contributed by atoms with Crippen molar-refractivity contribution in [2.24, 2.45) is 5.73 Å². The van der Waals surface area contributed by atoms with Gasteiger partial charge in [0, 0.05) is 39.5 Å². The van der Waals surface area contributed by atoms with Crippen LogP contribution in [0.1, 0.15) is 37.8 Å². The maximum absolute atomic E-state index is 15.3. The summed E-state index contributed by atoms with van der Waals surface area (Å²) in [7, 11) is 0. The topological polar surface area (TPSA) is 47.7 Å². The van der Waals surface area contributed by atoms with Gasteiger partial charge in [0.1, 0.15) is 6.17 Å². The Hall–Kier alpha value is -1.79. The highest BCUT2D eigenvalue weighted by Crippen LogP contribution is 2.22. The summed E-state index contributed by atoms with van der Waals surface area (Å²) < 4.78 is 26.7. The van der Waals surface area contributed by atoms with Crippen LogP contribution in [-0.4, -0.2) is 49.6 Å².